The summed E-state index contributed by atoms with van der Waals surface area (Å²) in [4.78, 5) is 19.7. The van der Waals surface area contributed by atoms with Crippen molar-refractivity contribution in [1.82, 2.24) is 0 Å². The molecule has 0 unspecified atom stereocenters. The summed E-state index contributed by atoms with van der Waals surface area (Å²) >= 11 is 0. The number of hydrogen-bond acceptors (Lipinski definition) is 10. The van der Waals surface area contributed by atoms with Crippen LogP contribution in [0.25, 0.3) is 0 Å². The quantitative estimate of drug-likeness (QED) is 0.131. The zero-order valence-corrected chi connectivity index (χ0v) is 23.2. The van der Waals surface area contributed by atoms with Gasteiger partial charge < -0.3 is 8.37 Å². The SMILES string of the molecule is CC(C)(c1ccc(OS(=O)(=O)c2ccccc2[N+](=O)[O-])cc1)c1ccc(OS(=O)(=O)c2ccccc2[N+](=O)[O-])cc1. The van der Waals surface area contributed by atoms with Crippen molar-refractivity contribution in [3.8, 4) is 11.5 Å². The van der Waals surface area contributed by atoms with E-state index in [4.69, 9.17) is 8.37 Å². The second-order valence-corrected chi connectivity index (χ2v) is 12.2. The third-order valence-electron chi connectivity index (χ3n) is 6.23. The topological polar surface area (TPSA) is 173 Å². The number of nitro groups is 2. The smallest absolute Gasteiger partial charge is 0.346 e. The summed E-state index contributed by atoms with van der Waals surface area (Å²) in [6.45, 7) is 3.76. The van der Waals surface area contributed by atoms with Crippen molar-refractivity contribution in [3.05, 3.63) is 128 Å². The first-order valence-corrected chi connectivity index (χ1v) is 14.6. The Bertz CT molecular complexity index is 1700. The highest BCUT2D eigenvalue weighted by Gasteiger charge is 2.29. The van der Waals surface area contributed by atoms with Crippen molar-refractivity contribution in [3.63, 3.8) is 0 Å². The lowest BCUT2D eigenvalue weighted by molar-refractivity contribution is -0.388. The molecule has 14 heteroatoms. The van der Waals surface area contributed by atoms with Gasteiger partial charge >= 0.3 is 20.2 Å². The standard InChI is InChI=1S/C27H22N2O10S2/c1-27(2,19-11-15-21(16-12-19)38-40(34,35)25-9-5-3-7-23(25)28(30)31)20-13-17-22(18-14-20)39-41(36,37)26-10-6-4-8-24(26)29(32)33/h3-18H,1-2H3. The van der Waals surface area contributed by atoms with Crippen molar-refractivity contribution in [2.45, 2.75) is 29.1 Å². The molecule has 0 aliphatic rings. The van der Waals surface area contributed by atoms with Gasteiger partial charge in [0.15, 0.2) is 9.79 Å². The molecule has 0 saturated heterocycles. The lowest BCUT2D eigenvalue weighted by atomic mass is 9.78. The summed E-state index contributed by atoms with van der Waals surface area (Å²) in [6.07, 6.45) is 0. The van der Waals surface area contributed by atoms with Crippen LogP contribution in [0.15, 0.2) is 107 Å². The number of hydrogen-bond donors (Lipinski definition) is 0. The van der Waals surface area contributed by atoms with Gasteiger partial charge in [0, 0.05) is 17.5 Å². The normalized spacial score (nSPS) is 12.0. The minimum absolute atomic E-state index is 0.0494. The van der Waals surface area contributed by atoms with E-state index in [1.165, 1.54) is 48.5 Å². The highest BCUT2D eigenvalue weighted by molar-refractivity contribution is 7.87. The fraction of sp³-hybridized carbons (Fsp3) is 0.111. The highest BCUT2D eigenvalue weighted by atomic mass is 32.2. The van der Waals surface area contributed by atoms with Gasteiger partial charge in [0.05, 0.1) is 9.85 Å². The number of rotatable bonds is 10. The minimum atomic E-state index is -4.48. The molecule has 0 aliphatic carbocycles. The first-order valence-electron chi connectivity index (χ1n) is 11.8. The summed E-state index contributed by atoms with van der Waals surface area (Å²) < 4.78 is 61.0. The van der Waals surface area contributed by atoms with E-state index in [0.717, 1.165) is 35.4 Å². The molecule has 0 saturated carbocycles. The van der Waals surface area contributed by atoms with Gasteiger partial charge in [-0.3, -0.25) is 20.2 Å². The van der Waals surface area contributed by atoms with Gasteiger partial charge in [-0.15, -0.1) is 0 Å². The Kier molecular flexibility index (Phi) is 7.81. The molecule has 0 fully saturated rings. The van der Waals surface area contributed by atoms with E-state index in [9.17, 15) is 37.1 Å². The molecular weight excluding hydrogens is 576 g/mol. The fourth-order valence-corrected chi connectivity index (χ4v) is 6.20. The van der Waals surface area contributed by atoms with Crippen LogP contribution >= 0.6 is 0 Å². The van der Waals surface area contributed by atoms with E-state index in [-0.39, 0.29) is 11.5 Å². The second-order valence-electron chi connectivity index (χ2n) is 9.20. The molecule has 4 rings (SSSR count). The van der Waals surface area contributed by atoms with Gasteiger partial charge in [-0.2, -0.15) is 16.8 Å². The van der Waals surface area contributed by atoms with Crippen LogP contribution in [0, 0.1) is 20.2 Å². The summed E-state index contributed by atoms with van der Waals surface area (Å²) in [5.41, 5.74) is -0.367. The van der Waals surface area contributed by atoms with Crippen LogP contribution in [0.1, 0.15) is 25.0 Å². The molecule has 12 nitrogen and oxygen atoms in total. The molecule has 0 amide bonds. The average Bonchev–Trinajstić information content (AvgIpc) is 2.93. The van der Waals surface area contributed by atoms with Crippen LogP contribution in [0.3, 0.4) is 0 Å². The average molecular weight is 599 g/mol. The van der Waals surface area contributed by atoms with Crippen LogP contribution in [-0.4, -0.2) is 26.7 Å². The van der Waals surface area contributed by atoms with Gasteiger partial charge in [-0.05, 0) is 47.5 Å². The zero-order chi connectivity index (χ0) is 30.0. The molecule has 4 aromatic carbocycles. The van der Waals surface area contributed by atoms with Crippen molar-refractivity contribution in [2.75, 3.05) is 0 Å². The maximum absolute atomic E-state index is 12.7. The zero-order valence-electron chi connectivity index (χ0n) is 21.5. The lowest BCUT2D eigenvalue weighted by Crippen LogP contribution is -2.19. The molecular formula is C27H22N2O10S2. The molecule has 41 heavy (non-hydrogen) atoms. The second kappa shape index (κ2) is 11.0. The lowest BCUT2D eigenvalue weighted by Gasteiger charge is -2.26. The number of nitro benzene ring substituents is 2. The number of para-hydroxylation sites is 2. The molecule has 0 N–H and O–H groups in total. The van der Waals surface area contributed by atoms with Crippen molar-refractivity contribution < 1.29 is 35.0 Å². The maximum Gasteiger partial charge on any atom is 0.346 e. The number of benzene rings is 4. The molecule has 0 atom stereocenters. The molecule has 0 aromatic heterocycles. The molecule has 0 radical (unpaired) electrons. The molecule has 0 bridgehead atoms. The Labute approximate surface area is 235 Å². The van der Waals surface area contributed by atoms with E-state index >= 15 is 0 Å². The summed E-state index contributed by atoms with van der Waals surface area (Å²) in [7, 11) is -8.96. The van der Waals surface area contributed by atoms with Gasteiger partial charge in [-0.25, -0.2) is 0 Å². The van der Waals surface area contributed by atoms with E-state index < -0.39 is 56.7 Å². The highest BCUT2D eigenvalue weighted by Crippen LogP contribution is 2.35. The third kappa shape index (κ3) is 6.18. The first kappa shape index (κ1) is 29.2. The van der Waals surface area contributed by atoms with Gasteiger partial charge in [0.1, 0.15) is 11.5 Å². The van der Waals surface area contributed by atoms with Crippen molar-refractivity contribution in [2.24, 2.45) is 0 Å². The van der Waals surface area contributed by atoms with Gasteiger partial charge in [0.25, 0.3) is 11.4 Å². The Morgan fingerprint density at radius 2 is 0.878 bits per heavy atom. The summed E-state index contributed by atoms with van der Waals surface area (Å²) in [5.74, 6) is -0.0988. The predicted octanol–water partition coefficient (Wildman–Crippen LogP) is 5.36. The summed E-state index contributed by atoms with van der Waals surface area (Å²) in [5, 5.41) is 22.5. The van der Waals surface area contributed by atoms with Crippen molar-refractivity contribution in [1.29, 1.82) is 0 Å². The van der Waals surface area contributed by atoms with Crippen molar-refractivity contribution >= 4 is 31.6 Å². The number of nitrogens with zero attached hydrogens (tertiary/aromatic N) is 2. The van der Waals surface area contributed by atoms with Crippen LogP contribution < -0.4 is 8.37 Å². The van der Waals surface area contributed by atoms with E-state index in [2.05, 4.69) is 0 Å². The molecule has 0 aliphatic heterocycles. The molecule has 212 valence electrons. The van der Waals surface area contributed by atoms with Gasteiger partial charge in [-0.1, -0.05) is 62.4 Å². The predicted molar refractivity (Wildman–Crippen MR) is 147 cm³/mol. The fourth-order valence-electron chi connectivity index (χ4n) is 4.00. The first-order chi connectivity index (χ1) is 19.2. The van der Waals surface area contributed by atoms with Crippen LogP contribution in [0.4, 0.5) is 11.4 Å². The van der Waals surface area contributed by atoms with Crippen LogP contribution in [-0.2, 0) is 25.7 Å². The largest absolute Gasteiger partial charge is 0.379 e. The molecule has 0 spiro atoms. The minimum Gasteiger partial charge on any atom is -0.379 e. The van der Waals surface area contributed by atoms with Gasteiger partial charge in [0.2, 0.25) is 0 Å². The monoisotopic (exact) mass is 598 g/mol. The summed E-state index contributed by atoms with van der Waals surface area (Å²) in [6, 6.07) is 21.9. The van der Waals surface area contributed by atoms with E-state index in [1.807, 2.05) is 13.8 Å². The maximum atomic E-state index is 12.7. The molecule has 4 aromatic rings. The van der Waals surface area contributed by atoms with E-state index in [1.54, 1.807) is 24.3 Å². The Morgan fingerprint density at radius 3 is 1.20 bits per heavy atom. The Balaban J connectivity index is 1.52. The van der Waals surface area contributed by atoms with E-state index in [0.29, 0.717) is 0 Å². The Hall–Kier alpha value is -4.82. The van der Waals surface area contributed by atoms with Crippen LogP contribution in [0.5, 0.6) is 11.5 Å². The van der Waals surface area contributed by atoms with Crippen LogP contribution in [0.2, 0.25) is 0 Å². The molecule has 0 heterocycles. The third-order valence-corrected chi connectivity index (χ3v) is 8.82. The Morgan fingerprint density at radius 1 is 0.561 bits per heavy atom.